The molecule has 7 nitrogen and oxygen atoms in total. The quantitative estimate of drug-likeness (QED) is 0.495. The Bertz CT molecular complexity index is 629. The van der Waals surface area contributed by atoms with E-state index < -0.39 is 49.7 Å². The molecular formula is C9H14N4O3. The number of carboxylic acids is 1. The summed E-state index contributed by atoms with van der Waals surface area (Å²) in [5, 5.41) is 10.7. The lowest BCUT2D eigenvalue weighted by Crippen LogP contribution is -2.42. The molecule has 1 amide bonds. The molecule has 0 saturated carbocycles. The molecule has 0 spiro atoms. The van der Waals surface area contributed by atoms with Crippen molar-refractivity contribution in [1.29, 1.82) is 0 Å². The van der Waals surface area contributed by atoms with Crippen LogP contribution in [0, 0.1) is 0 Å². The van der Waals surface area contributed by atoms with Gasteiger partial charge < -0.3 is 21.1 Å². The number of nitrogens with zero attached hydrogens (tertiary/aromatic N) is 1. The van der Waals surface area contributed by atoms with Crippen molar-refractivity contribution < 1.29 is 24.3 Å². The first kappa shape index (κ1) is 5.44. The fourth-order valence-electron chi connectivity index (χ4n) is 0.886. The molecule has 7 heteroatoms. The van der Waals surface area contributed by atoms with Gasteiger partial charge in [0, 0.05) is 36.6 Å². The Morgan fingerprint density at radius 1 is 1.88 bits per heavy atom. The summed E-state index contributed by atoms with van der Waals surface area (Å²) in [6.07, 6.45) is -5.06. The van der Waals surface area contributed by atoms with E-state index in [0.29, 0.717) is 0 Å². The summed E-state index contributed by atoms with van der Waals surface area (Å²) in [4.78, 5) is 28.7. The monoisotopic (exact) mass is 233 g/mol. The Kier molecular flexibility index (Phi) is 1.99. The first-order valence-electron chi connectivity index (χ1n) is 7.57. The number of hydrogen-bond acceptors (Lipinski definition) is 4. The maximum absolute atomic E-state index is 11.8. The zero-order valence-electron chi connectivity index (χ0n) is 15.0. The molecule has 88 valence electrons. The van der Waals surface area contributed by atoms with Crippen LogP contribution in [-0.2, 0) is 16.0 Å². The predicted molar refractivity (Wildman–Crippen MR) is 55.5 cm³/mol. The molecule has 0 aliphatic carbocycles. The van der Waals surface area contributed by atoms with Crippen LogP contribution in [0.1, 0.15) is 21.7 Å². The molecule has 16 heavy (non-hydrogen) atoms. The molecule has 0 aliphatic heterocycles. The molecule has 0 unspecified atom stereocenters. The van der Waals surface area contributed by atoms with Gasteiger partial charge in [-0.15, -0.1) is 0 Å². The number of nitrogens with two attached hydrogens (primary N) is 1. The zero-order valence-corrected chi connectivity index (χ0v) is 8.00. The number of carboxylic acid groups (broad SMARTS) is 1. The van der Waals surface area contributed by atoms with Crippen LogP contribution in [0.4, 0.5) is 0 Å². The summed E-state index contributed by atoms with van der Waals surface area (Å²) >= 11 is 0. The minimum absolute atomic E-state index is 0.232. The standard InChI is InChI=1S/C9H14N4O3/c10-2-1-8(14)13-7(9(15)16)3-6-4-11-5-12-6/h4-5,7H,1-3,10H2,(H,11,12)(H,13,14)(H,15,16)/t7-/m0/s1/i1D2,2D2,4D,5D,7D. The lowest BCUT2D eigenvalue weighted by atomic mass is 10.1. The highest BCUT2D eigenvalue weighted by atomic mass is 16.4. The number of aromatic nitrogens is 2. The third-order valence-corrected chi connectivity index (χ3v) is 1.52. The van der Waals surface area contributed by atoms with Gasteiger partial charge in [-0.2, -0.15) is 0 Å². The molecule has 0 aliphatic rings. The number of H-pyrrole nitrogens is 1. The van der Waals surface area contributed by atoms with Crippen LogP contribution >= 0.6 is 0 Å². The lowest BCUT2D eigenvalue weighted by molar-refractivity contribution is -0.141. The van der Waals surface area contributed by atoms with Gasteiger partial charge in [-0.25, -0.2) is 9.78 Å². The Hall–Kier alpha value is -1.89. The largest absolute Gasteiger partial charge is 0.480 e. The second-order valence-corrected chi connectivity index (χ2v) is 2.62. The number of hydrogen-bond donors (Lipinski definition) is 4. The van der Waals surface area contributed by atoms with Gasteiger partial charge in [0.2, 0.25) is 5.91 Å². The summed E-state index contributed by atoms with van der Waals surface area (Å²) in [7, 11) is 0. The summed E-state index contributed by atoms with van der Waals surface area (Å²) in [5.74, 6) is -3.61. The number of amides is 1. The van der Waals surface area contributed by atoms with E-state index >= 15 is 0 Å². The molecule has 0 aromatic carbocycles. The van der Waals surface area contributed by atoms with Crippen molar-refractivity contribution in [3.63, 3.8) is 0 Å². The molecule has 1 atom stereocenters. The van der Waals surface area contributed by atoms with Crippen molar-refractivity contribution in [2.24, 2.45) is 5.73 Å². The van der Waals surface area contributed by atoms with Crippen LogP contribution in [0.2, 0.25) is 0 Å². The minimum atomic E-state index is -3.30. The Balaban J connectivity index is 3.09. The number of aliphatic carboxylic acids is 1. The maximum atomic E-state index is 11.8. The molecule has 1 heterocycles. The maximum Gasteiger partial charge on any atom is 0.326 e. The minimum Gasteiger partial charge on any atom is -0.480 e. The van der Waals surface area contributed by atoms with Gasteiger partial charge in [-0.1, -0.05) is 0 Å². The average Bonchev–Trinajstić information content (AvgIpc) is 2.65. The third kappa shape index (κ3) is 3.70. The number of carbonyl (C=O) groups is 2. The Labute approximate surface area is 102 Å². The van der Waals surface area contributed by atoms with E-state index in [2.05, 4.69) is 9.97 Å². The van der Waals surface area contributed by atoms with E-state index in [0.717, 1.165) is 0 Å². The van der Waals surface area contributed by atoms with E-state index in [-0.39, 0.29) is 5.69 Å². The zero-order chi connectivity index (χ0) is 18.2. The van der Waals surface area contributed by atoms with Gasteiger partial charge in [0.25, 0.3) is 0 Å². The summed E-state index contributed by atoms with van der Waals surface area (Å²) in [5.41, 5.74) is 4.67. The van der Waals surface area contributed by atoms with Gasteiger partial charge in [0.15, 0.2) is 0 Å². The Morgan fingerprint density at radius 2 is 2.62 bits per heavy atom. The van der Waals surface area contributed by atoms with Crippen LogP contribution in [0.15, 0.2) is 12.5 Å². The number of imidazole rings is 1. The topological polar surface area (TPSA) is 121 Å². The van der Waals surface area contributed by atoms with Crippen molar-refractivity contribution in [1.82, 2.24) is 15.3 Å². The fraction of sp³-hybridized carbons (Fsp3) is 0.444. The van der Waals surface area contributed by atoms with E-state index in [1.807, 2.05) is 0 Å². The number of aromatic amines is 1. The van der Waals surface area contributed by atoms with Crippen molar-refractivity contribution >= 4 is 11.9 Å². The molecule has 5 N–H and O–H groups in total. The molecule has 1 aromatic rings. The number of rotatable bonds is 6. The summed E-state index contributed by atoms with van der Waals surface area (Å²) in [6, 6.07) is -2.82. The average molecular weight is 233 g/mol. The van der Waals surface area contributed by atoms with Crippen LogP contribution in [0.5, 0.6) is 0 Å². The molecular weight excluding hydrogens is 212 g/mol. The van der Waals surface area contributed by atoms with Crippen LogP contribution < -0.4 is 11.1 Å². The first-order valence-corrected chi connectivity index (χ1v) is 4.07. The first-order chi connectivity index (χ1) is 10.2. The van der Waals surface area contributed by atoms with Crippen molar-refractivity contribution in [3.05, 3.63) is 18.2 Å². The van der Waals surface area contributed by atoms with Gasteiger partial charge in [0.1, 0.15) is 7.39 Å². The smallest absolute Gasteiger partial charge is 0.326 e. The van der Waals surface area contributed by atoms with Gasteiger partial charge in [0.05, 0.1) is 9.04 Å². The summed E-state index contributed by atoms with van der Waals surface area (Å²) in [6.45, 7) is -3.11. The molecule has 0 radical (unpaired) electrons. The van der Waals surface area contributed by atoms with Crippen molar-refractivity contribution in [3.8, 4) is 0 Å². The Morgan fingerprint density at radius 3 is 3.12 bits per heavy atom. The van der Waals surface area contributed by atoms with Crippen molar-refractivity contribution in [2.45, 2.75) is 18.8 Å². The SMILES string of the molecule is [2H]c1nc([2H])c(C[C@]([2H])(NC(=O)C([2H])([2H])C([2H])([2H])N)C(=O)O)[nH]1. The third-order valence-electron chi connectivity index (χ3n) is 1.52. The van der Waals surface area contributed by atoms with Gasteiger partial charge in [-0.3, -0.25) is 4.79 Å². The van der Waals surface area contributed by atoms with E-state index in [1.54, 1.807) is 5.32 Å². The lowest BCUT2D eigenvalue weighted by Gasteiger charge is -2.13. The number of carbonyl (C=O) groups excluding carboxylic acids is 1. The second kappa shape index (κ2) is 5.86. The van der Waals surface area contributed by atoms with Crippen LogP contribution in [0.3, 0.4) is 0 Å². The normalized spacial score (nSPS) is 22.2. The summed E-state index contributed by atoms with van der Waals surface area (Å²) < 4.78 is 51.2. The highest BCUT2D eigenvalue weighted by Gasteiger charge is 2.20. The molecule has 0 fully saturated rings. The second-order valence-electron chi connectivity index (χ2n) is 2.62. The van der Waals surface area contributed by atoms with E-state index in [9.17, 15) is 9.59 Å². The highest BCUT2D eigenvalue weighted by Crippen LogP contribution is 1.99. The van der Waals surface area contributed by atoms with Gasteiger partial charge in [-0.05, 0) is 0 Å². The highest BCUT2D eigenvalue weighted by molar-refractivity contribution is 5.83. The van der Waals surface area contributed by atoms with Crippen molar-refractivity contribution in [2.75, 3.05) is 6.50 Å². The van der Waals surface area contributed by atoms with E-state index in [4.69, 9.17) is 20.4 Å². The molecule has 0 bridgehead atoms. The molecule has 0 saturated heterocycles. The molecule has 1 rings (SSSR count). The number of nitrogens with one attached hydrogen (secondary N) is 2. The molecule has 1 aromatic heterocycles. The predicted octanol–water partition coefficient (Wildman–Crippen LogP) is -1.13. The fourth-order valence-corrected chi connectivity index (χ4v) is 0.886. The van der Waals surface area contributed by atoms with Crippen LogP contribution in [0.25, 0.3) is 0 Å². The van der Waals surface area contributed by atoms with E-state index in [1.165, 1.54) is 0 Å². The van der Waals surface area contributed by atoms with Gasteiger partial charge >= 0.3 is 5.97 Å². The van der Waals surface area contributed by atoms with Crippen LogP contribution in [-0.4, -0.2) is 39.5 Å².